The van der Waals surface area contributed by atoms with Gasteiger partial charge in [-0.05, 0) is 47.9 Å². The predicted molar refractivity (Wildman–Crippen MR) is 82.1 cm³/mol. The quantitative estimate of drug-likeness (QED) is 0.912. The Balaban J connectivity index is 1.57. The number of anilines is 2. The number of amides is 2. The molecule has 0 saturated heterocycles. The summed E-state index contributed by atoms with van der Waals surface area (Å²) in [5.74, 6) is -0.425. The topological polar surface area (TPSA) is 58.2 Å². The Hall–Kier alpha value is -2.69. The van der Waals surface area contributed by atoms with Crippen molar-refractivity contribution in [2.75, 3.05) is 10.6 Å². The van der Waals surface area contributed by atoms with Crippen molar-refractivity contribution < 1.29 is 14.0 Å². The minimum atomic E-state index is -0.283. The number of rotatable bonds is 4. The molecule has 4 nitrogen and oxygen atoms in total. The first-order valence-electron chi connectivity index (χ1n) is 7.07. The fourth-order valence-corrected chi connectivity index (χ4v) is 2.44. The molecular weight excluding hydrogens is 283 g/mol. The summed E-state index contributed by atoms with van der Waals surface area (Å²) in [5.41, 5.74) is 3.29. The summed E-state index contributed by atoms with van der Waals surface area (Å²) in [6.45, 7) is 0. The summed E-state index contributed by atoms with van der Waals surface area (Å²) in [5, 5.41) is 5.56. The Morgan fingerprint density at radius 2 is 1.95 bits per heavy atom. The zero-order valence-electron chi connectivity index (χ0n) is 11.9. The molecule has 0 aliphatic carbocycles. The monoisotopic (exact) mass is 298 g/mol. The maximum Gasteiger partial charge on any atom is 0.228 e. The van der Waals surface area contributed by atoms with Crippen molar-refractivity contribution in [3.8, 4) is 0 Å². The highest BCUT2D eigenvalue weighted by Gasteiger charge is 2.17. The molecule has 22 heavy (non-hydrogen) atoms. The van der Waals surface area contributed by atoms with Crippen LogP contribution in [0.4, 0.5) is 15.8 Å². The van der Waals surface area contributed by atoms with Crippen LogP contribution < -0.4 is 10.6 Å². The van der Waals surface area contributed by atoms with E-state index in [1.54, 1.807) is 24.3 Å². The molecule has 5 heteroatoms. The molecule has 2 amide bonds. The van der Waals surface area contributed by atoms with E-state index in [2.05, 4.69) is 10.6 Å². The molecule has 0 radical (unpaired) electrons. The molecule has 0 atom stereocenters. The Morgan fingerprint density at radius 3 is 2.73 bits per heavy atom. The summed E-state index contributed by atoms with van der Waals surface area (Å²) in [6, 6.07) is 11.5. The average molecular weight is 298 g/mol. The van der Waals surface area contributed by atoms with Crippen LogP contribution in [0, 0.1) is 5.82 Å². The van der Waals surface area contributed by atoms with Gasteiger partial charge in [-0.3, -0.25) is 9.59 Å². The molecule has 112 valence electrons. The van der Waals surface area contributed by atoms with Crippen LogP contribution in [0.3, 0.4) is 0 Å². The molecule has 0 saturated carbocycles. The molecular formula is C17H15FN2O2. The molecule has 3 rings (SSSR count). The van der Waals surface area contributed by atoms with Gasteiger partial charge in [0.05, 0.1) is 6.42 Å². The predicted octanol–water partition coefficient (Wildman–Crippen LogP) is 2.89. The second-order valence-corrected chi connectivity index (χ2v) is 5.27. The van der Waals surface area contributed by atoms with Crippen LogP contribution in [-0.2, 0) is 22.4 Å². The fourth-order valence-electron chi connectivity index (χ4n) is 2.44. The first kappa shape index (κ1) is 14.3. The van der Waals surface area contributed by atoms with Gasteiger partial charge in [0.2, 0.25) is 11.8 Å². The summed E-state index contributed by atoms with van der Waals surface area (Å²) >= 11 is 0. The van der Waals surface area contributed by atoms with E-state index < -0.39 is 0 Å². The molecule has 1 aliphatic heterocycles. The first-order chi connectivity index (χ1) is 10.6. The molecule has 0 aromatic heterocycles. The standard InChI is InChI=1S/C17H15FN2O2/c18-13-4-1-11(2-5-13)3-8-16(21)19-14-6-7-15-12(9-14)10-17(22)20-15/h1-2,4-7,9H,3,8,10H2,(H,19,21)(H,20,22). The Labute approximate surface area is 127 Å². The van der Waals surface area contributed by atoms with Crippen LogP contribution in [0.15, 0.2) is 42.5 Å². The van der Waals surface area contributed by atoms with Crippen LogP contribution in [0.2, 0.25) is 0 Å². The summed E-state index contributed by atoms with van der Waals surface area (Å²) in [6.07, 6.45) is 1.21. The zero-order valence-corrected chi connectivity index (χ0v) is 11.9. The number of hydrogen-bond donors (Lipinski definition) is 2. The van der Waals surface area contributed by atoms with Gasteiger partial charge in [0.1, 0.15) is 5.82 Å². The van der Waals surface area contributed by atoms with Crippen molar-refractivity contribution in [3.63, 3.8) is 0 Å². The van der Waals surface area contributed by atoms with Crippen molar-refractivity contribution in [3.05, 3.63) is 59.4 Å². The molecule has 2 aromatic rings. The molecule has 1 aliphatic rings. The normalized spacial score (nSPS) is 12.7. The summed E-state index contributed by atoms with van der Waals surface area (Å²) < 4.78 is 12.8. The number of fused-ring (bicyclic) bond motifs is 1. The van der Waals surface area contributed by atoms with E-state index in [9.17, 15) is 14.0 Å². The van der Waals surface area contributed by atoms with Crippen LogP contribution in [0.5, 0.6) is 0 Å². The van der Waals surface area contributed by atoms with Gasteiger partial charge in [-0.2, -0.15) is 0 Å². The van der Waals surface area contributed by atoms with Crippen LogP contribution in [-0.4, -0.2) is 11.8 Å². The average Bonchev–Trinajstić information content (AvgIpc) is 2.86. The van der Waals surface area contributed by atoms with Crippen molar-refractivity contribution in [2.45, 2.75) is 19.3 Å². The fraction of sp³-hybridized carbons (Fsp3) is 0.176. The maximum absolute atomic E-state index is 12.8. The number of aryl methyl sites for hydroxylation is 1. The van der Waals surface area contributed by atoms with Crippen LogP contribution in [0.25, 0.3) is 0 Å². The lowest BCUT2D eigenvalue weighted by Gasteiger charge is -2.07. The van der Waals surface area contributed by atoms with Gasteiger partial charge in [0, 0.05) is 17.8 Å². The van der Waals surface area contributed by atoms with Crippen molar-refractivity contribution in [1.29, 1.82) is 0 Å². The Kier molecular flexibility index (Phi) is 3.87. The number of benzene rings is 2. The summed E-state index contributed by atoms with van der Waals surface area (Å²) in [4.78, 5) is 23.2. The highest BCUT2D eigenvalue weighted by molar-refractivity contribution is 6.00. The van der Waals surface area contributed by atoms with Gasteiger partial charge in [0.15, 0.2) is 0 Å². The molecule has 0 fully saturated rings. The third-order valence-electron chi connectivity index (χ3n) is 3.57. The van der Waals surface area contributed by atoms with Crippen molar-refractivity contribution >= 4 is 23.2 Å². The van der Waals surface area contributed by atoms with Crippen molar-refractivity contribution in [1.82, 2.24) is 0 Å². The van der Waals surface area contributed by atoms with E-state index in [4.69, 9.17) is 0 Å². The van der Waals surface area contributed by atoms with E-state index in [-0.39, 0.29) is 17.6 Å². The lowest BCUT2D eigenvalue weighted by Crippen LogP contribution is -2.12. The largest absolute Gasteiger partial charge is 0.326 e. The molecule has 2 N–H and O–H groups in total. The summed E-state index contributed by atoms with van der Waals surface area (Å²) in [7, 11) is 0. The minimum absolute atomic E-state index is 0.0326. The molecule has 0 bridgehead atoms. The maximum atomic E-state index is 12.8. The number of nitrogens with one attached hydrogen (secondary N) is 2. The Bertz CT molecular complexity index is 726. The van der Waals surface area contributed by atoms with Gasteiger partial charge >= 0.3 is 0 Å². The Morgan fingerprint density at radius 1 is 1.18 bits per heavy atom. The lowest BCUT2D eigenvalue weighted by molar-refractivity contribution is -0.116. The third-order valence-corrected chi connectivity index (χ3v) is 3.57. The van der Waals surface area contributed by atoms with Gasteiger partial charge < -0.3 is 10.6 Å². The van der Waals surface area contributed by atoms with Gasteiger partial charge in [-0.1, -0.05) is 12.1 Å². The lowest BCUT2D eigenvalue weighted by atomic mass is 10.1. The SMILES string of the molecule is O=C(CCc1ccc(F)cc1)Nc1ccc2c(c1)CC(=O)N2. The van der Waals surface area contributed by atoms with E-state index in [0.717, 1.165) is 16.8 Å². The van der Waals surface area contributed by atoms with E-state index in [1.165, 1.54) is 12.1 Å². The zero-order chi connectivity index (χ0) is 15.5. The smallest absolute Gasteiger partial charge is 0.228 e. The number of carbonyl (C=O) groups is 2. The van der Waals surface area contributed by atoms with E-state index >= 15 is 0 Å². The van der Waals surface area contributed by atoms with Gasteiger partial charge in [-0.15, -0.1) is 0 Å². The second-order valence-electron chi connectivity index (χ2n) is 5.27. The van der Waals surface area contributed by atoms with Crippen LogP contribution >= 0.6 is 0 Å². The highest BCUT2D eigenvalue weighted by atomic mass is 19.1. The molecule has 0 unspecified atom stereocenters. The number of halogens is 1. The highest BCUT2D eigenvalue weighted by Crippen LogP contribution is 2.26. The molecule has 1 heterocycles. The molecule has 2 aromatic carbocycles. The molecule has 0 spiro atoms. The van der Waals surface area contributed by atoms with Crippen LogP contribution in [0.1, 0.15) is 17.5 Å². The third kappa shape index (κ3) is 3.31. The minimum Gasteiger partial charge on any atom is -0.326 e. The second kappa shape index (κ2) is 5.97. The number of hydrogen-bond acceptors (Lipinski definition) is 2. The van der Waals surface area contributed by atoms with E-state index in [0.29, 0.717) is 24.9 Å². The van der Waals surface area contributed by atoms with Gasteiger partial charge in [0.25, 0.3) is 0 Å². The van der Waals surface area contributed by atoms with E-state index in [1.807, 2.05) is 6.07 Å². The van der Waals surface area contributed by atoms with Gasteiger partial charge in [-0.25, -0.2) is 4.39 Å². The van der Waals surface area contributed by atoms with Crippen molar-refractivity contribution in [2.24, 2.45) is 0 Å². The number of carbonyl (C=O) groups excluding carboxylic acids is 2. The first-order valence-corrected chi connectivity index (χ1v) is 7.07.